The van der Waals surface area contributed by atoms with Crippen LogP contribution in [0.3, 0.4) is 0 Å². The summed E-state index contributed by atoms with van der Waals surface area (Å²) in [4.78, 5) is 23.9. The van der Waals surface area contributed by atoms with Crippen LogP contribution in [0, 0.1) is 19.3 Å². The number of hydrogen-bond donors (Lipinski definition) is 2. The van der Waals surface area contributed by atoms with Crippen LogP contribution >= 0.6 is 11.3 Å². The van der Waals surface area contributed by atoms with Crippen LogP contribution in [0.15, 0.2) is 12.1 Å². The van der Waals surface area contributed by atoms with Crippen molar-refractivity contribution < 1.29 is 14.7 Å². The van der Waals surface area contributed by atoms with E-state index in [1.54, 1.807) is 12.1 Å². The number of rotatable bonds is 4. The van der Waals surface area contributed by atoms with Gasteiger partial charge in [-0.3, -0.25) is 4.79 Å². The maximum absolute atomic E-state index is 11.6. The standard InChI is InChI=1S/C11H11NO3S/c1-3-4-8(11(14)15)12-10(13)9-6-5-7(2)16-9/h1,5-6,8H,4H2,2H3,(H,12,13)(H,14,15). The number of carbonyl (C=O) groups is 2. The van der Waals surface area contributed by atoms with Gasteiger partial charge in [0.1, 0.15) is 6.04 Å². The molecule has 0 radical (unpaired) electrons. The minimum Gasteiger partial charge on any atom is -0.480 e. The van der Waals surface area contributed by atoms with Gasteiger partial charge in [-0.15, -0.1) is 23.7 Å². The second-order valence-corrected chi connectivity index (χ2v) is 4.47. The maximum Gasteiger partial charge on any atom is 0.327 e. The Hall–Kier alpha value is -1.80. The molecule has 0 aliphatic carbocycles. The van der Waals surface area contributed by atoms with Crippen molar-refractivity contribution in [1.29, 1.82) is 0 Å². The van der Waals surface area contributed by atoms with Gasteiger partial charge in [0, 0.05) is 11.3 Å². The fraction of sp³-hybridized carbons (Fsp3) is 0.273. The molecule has 0 saturated carbocycles. The monoisotopic (exact) mass is 237 g/mol. The van der Waals surface area contributed by atoms with E-state index in [0.29, 0.717) is 4.88 Å². The number of terminal acetylenes is 1. The number of carbonyl (C=O) groups excluding carboxylic acids is 1. The lowest BCUT2D eigenvalue weighted by atomic mass is 10.2. The van der Waals surface area contributed by atoms with Crippen LogP contribution < -0.4 is 5.32 Å². The molecule has 84 valence electrons. The first-order valence-corrected chi connectivity index (χ1v) is 5.40. The summed E-state index contributed by atoms with van der Waals surface area (Å²) in [6.45, 7) is 1.87. The van der Waals surface area contributed by atoms with Crippen LogP contribution in [0.2, 0.25) is 0 Å². The lowest BCUT2D eigenvalue weighted by Crippen LogP contribution is -2.40. The summed E-state index contributed by atoms with van der Waals surface area (Å²) in [6.07, 6.45) is 5.00. The maximum atomic E-state index is 11.6. The Kier molecular flexibility index (Phi) is 4.09. The lowest BCUT2D eigenvalue weighted by Gasteiger charge is -2.10. The van der Waals surface area contributed by atoms with Crippen molar-refractivity contribution in [3.8, 4) is 12.3 Å². The highest BCUT2D eigenvalue weighted by Gasteiger charge is 2.20. The normalized spacial score (nSPS) is 11.5. The zero-order valence-electron chi connectivity index (χ0n) is 8.69. The Bertz CT molecular complexity index is 444. The van der Waals surface area contributed by atoms with E-state index >= 15 is 0 Å². The van der Waals surface area contributed by atoms with Gasteiger partial charge in [0.15, 0.2) is 0 Å². The average Bonchev–Trinajstić information content (AvgIpc) is 2.64. The summed E-state index contributed by atoms with van der Waals surface area (Å²) in [5, 5.41) is 11.2. The molecule has 1 atom stereocenters. The summed E-state index contributed by atoms with van der Waals surface area (Å²) < 4.78 is 0. The third kappa shape index (κ3) is 3.11. The van der Waals surface area contributed by atoms with Gasteiger partial charge in [0.05, 0.1) is 4.88 Å². The second kappa shape index (κ2) is 5.33. The van der Waals surface area contributed by atoms with Crippen LogP contribution in [0.4, 0.5) is 0 Å². The molecular formula is C11H11NO3S. The molecule has 0 aromatic carbocycles. The van der Waals surface area contributed by atoms with Crippen molar-refractivity contribution in [2.75, 3.05) is 0 Å². The first-order chi connectivity index (χ1) is 7.54. The Labute approximate surface area is 97.3 Å². The largest absolute Gasteiger partial charge is 0.480 e. The summed E-state index contributed by atoms with van der Waals surface area (Å²) in [6, 6.07) is 2.43. The molecule has 1 aromatic rings. The quantitative estimate of drug-likeness (QED) is 0.775. The Morgan fingerprint density at radius 1 is 1.62 bits per heavy atom. The molecule has 0 spiro atoms. The molecule has 1 amide bonds. The van der Waals surface area contributed by atoms with Crippen LogP contribution in [0.5, 0.6) is 0 Å². The fourth-order valence-electron chi connectivity index (χ4n) is 1.10. The number of carboxylic acids is 1. The van der Waals surface area contributed by atoms with E-state index in [1.165, 1.54) is 11.3 Å². The highest BCUT2D eigenvalue weighted by atomic mass is 32.1. The first kappa shape index (κ1) is 12.3. The molecule has 0 fully saturated rings. The van der Waals surface area contributed by atoms with Crippen molar-refractivity contribution in [3.05, 3.63) is 21.9 Å². The number of aliphatic carboxylic acids is 1. The van der Waals surface area contributed by atoms with Crippen molar-refractivity contribution in [2.45, 2.75) is 19.4 Å². The summed E-state index contributed by atoms with van der Waals surface area (Å²) in [7, 11) is 0. The highest BCUT2D eigenvalue weighted by Crippen LogP contribution is 2.14. The zero-order chi connectivity index (χ0) is 12.1. The lowest BCUT2D eigenvalue weighted by molar-refractivity contribution is -0.139. The van der Waals surface area contributed by atoms with Crippen molar-refractivity contribution in [2.24, 2.45) is 0 Å². The Morgan fingerprint density at radius 2 is 2.31 bits per heavy atom. The average molecular weight is 237 g/mol. The van der Waals surface area contributed by atoms with Crippen LogP contribution in [-0.2, 0) is 4.79 Å². The van der Waals surface area contributed by atoms with Gasteiger partial charge in [-0.1, -0.05) is 0 Å². The number of nitrogens with one attached hydrogen (secondary N) is 1. The minimum absolute atomic E-state index is 0.0224. The number of thiophene rings is 1. The van der Waals surface area contributed by atoms with E-state index in [9.17, 15) is 9.59 Å². The van der Waals surface area contributed by atoms with Gasteiger partial charge >= 0.3 is 5.97 Å². The van der Waals surface area contributed by atoms with Crippen LogP contribution in [0.25, 0.3) is 0 Å². The van der Waals surface area contributed by atoms with Crippen LogP contribution in [0.1, 0.15) is 21.0 Å². The predicted molar refractivity (Wildman–Crippen MR) is 61.4 cm³/mol. The smallest absolute Gasteiger partial charge is 0.327 e. The van der Waals surface area contributed by atoms with E-state index in [4.69, 9.17) is 11.5 Å². The molecule has 1 aromatic heterocycles. The Morgan fingerprint density at radius 3 is 2.75 bits per heavy atom. The molecular weight excluding hydrogens is 226 g/mol. The molecule has 1 rings (SSSR count). The number of hydrogen-bond acceptors (Lipinski definition) is 3. The van der Waals surface area contributed by atoms with E-state index in [1.807, 2.05) is 6.92 Å². The van der Waals surface area contributed by atoms with E-state index in [-0.39, 0.29) is 6.42 Å². The van der Waals surface area contributed by atoms with Gasteiger partial charge < -0.3 is 10.4 Å². The molecule has 16 heavy (non-hydrogen) atoms. The summed E-state index contributed by atoms with van der Waals surface area (Å²) in [5.74, 6) is 0.692. The van der Waals surface area contributed by atoms with E-state index in [0.717, 1.165) is 4.88 Å². The molecule has 4 nitrogen and oxygen atoms in total. The fourth-order valence-corrected chi connectivity index (χ4v) is 1.87. The molecule has 2 N–H and O–H groups in total. The molecule has 1 heterocycles. The molecule has 1 unspecified atom stereocenters. The van der Waals surface area contributed by atoms with Gasteiger partial charge in [0.25, 0.3) is 5.91 Å². The van der Waals surface area contributed by atoms with Gasteiger partial charge in [-0.2, -0.15) is 0 Å². The van der Waals surface area contributed by atoms with Gasteiger partial charge in [-0.25, -0.2) is 4.79 Å². The van der Waals surface area contributed by atoms with Gasteiger partial charge in [-0.05, 0) is 19.1 Å². The molecule has 0 aliphatic rings. The zero-order valence-corrected chi connectivity index (χ0v) is 9.50. The van der Waals surface area contributed by atoms with Crippen molar-refractivity contribution in [3.63, 3.8) is 0 Å². The molecule has 0 bridgehead atoms. The predicted octanol–water partition coefficient (Wildman–Crippen LogP) is 1.26. The topological polar surface area (TPSA) is 66.4 Å². The SMILES string of the molecule is C#CCC(NC(=O)c1ccc(C)s1)C(=O)O. The third-order valence-electron chi connectivity index (χ3n) is 1.89. The summed E-state index contributed by atoms with van der Waals surface area (Å²) in [5.41, 5.74) is 0. The van der Waals surface area contributed by atoms with Crippen molar-refractivity contribution in [1.82, 2.24) is 5.32 Å². The van der Waals surface area contributed by atoms with Crippen LogP contribution in [-0.4, -0.2) is 23.0 Å². The minimum atomic E-state index is -1.13. The van der Waals surface area contributed by atoms with E-state index < -0.39 is 17.9 Å². The second-order valence-electron chi connectivity index (χ2n) is 3.18. The highest BCUT2D eigenvalue weighted by molar-refractivity contribution is 7.13. The van der Waals surface area contributed by atoms with Crippen molar-refractivity contribution >= 4 is 23.2 Å². The first-order valence-electron chi connectivity index (χ1n) is 4.58. The molecule has 5 heteroatoms. The molecule has 0 aliphatic heterocycles. The molecule has 0 saturated heterocycles. The summed E-state index contributed by atoms with van der Waals surface area (Å²) >= 11 is 1.31. The number of aryl methyl sites for hydroxylation is 1. The van der Waals surface area contributed by atoms with Gasteiger partial charge in [0.2, 0.25) is 0 Å². The number of amides is 1. The Balaban J connectivity index is 2.69. The third-order valence-corrected chi connectivity index (χ3v) is 2.89. The number of carboxylic acid groups (broad SMARTS) is 1. The van der Waals surface area contributed by atoms with E-state index in [2.05, 4.69) is 11.2 Å².